The van der Waals surface area contributed by atoms with E-state index in [4.69, 9.17) is 16.6 Å². The van der Waals surface area contributed by atoms with Gasteiger partial charge in [0.1, 0.15) is 5.82 Å². The molecule has 0 atom stereocenters. The van der Waals surface area contributed by atoms with Crippen LogP contribution >= 0.6 is 11.6 Å². The highest BCUT2D eigenvalue weighted by molar-refractivity contribution is 6.30. The van der Waals surface area contributed by atoms with Gasteiger partial charge in [0, 0.05) is 55.2 Å². The minimum absolute atomic E-state index is 0.0663. The Morgan fingerprint density at radius 2 is 1.68 bits per heavy atom. The number of hydrogen-bond acceptors (Lipinski definition) is 4. The minimum atomic E-state index is 0.0663. The maximum Gasteiger partial charge on any atom is 0.261 e. The predicted octanol–water partition coefficient (Wildman–Crippen LogP) is 3.62. The van der Waals surface area contributed by atoms with Crippen molar-refractivity contribution in [2.24, 2.45) is 0 Å². The third kappa shape index (κ3) is 3.06. The third-order valence-electron chi connectivity index (χ3n) is 5.60. The number of halogens is 1. The molecular weight excluding hydrogens is 372 g/mol. The molecule has 1 fully saturated rings. The summed E-state index contributed by atoms with van der Waals surface area (Å²) in [5.74, 6) is 0.823. The van der Waals surface area contributed by atoms with Gasteiger partial charge >= 0.3 is 0 Å². The van der Waals surface area contributed by atoms with E-state index in [-0.39, 0.29) is 5.56 Å². The molecule has 0 saturated carbocycles. The van der Waals surface area contributed by atoms with Crippen molar-refractivity contribution in [3.8, 4) is 0 Å². The van der Waals surface area contributed by atoms with E-state index in [1.54, 1.807) is 0 Å². The lowest BCUT2D eigenvalue weighted by molar-refractivity contribution is 0.349. The molecule has 1 saturated heterocycles. The van der Waals surface area contributed by atoms with E-state index in [2.05, 4.69) is 28.1 Å². The van der Waals surface area contributed by atoms with Crippen LogP contribution in [0.25, 0.3) is 16.5 Å². The quantitative estimate of drug-likeness (QED) is 0.668. The Morgan fingerprint density at radius 1 is 0.929 bits per heavy atom. The molecule has 5 rings (SSSR count). The summed E-state index contributed by atoms with van der Waals surface area (Å²) in [4.78, 5) is 22.3. The number of benzene rings is 2. The average molecular weight is 393 g/mol. The number of para-hydroxylation sites is 1. The molecule has 2 aliphatic rings. The molecule has 0 bridgehead atoms. The molecule has 1 aromatic heterocycles. The third-order valence-corrected chi connectivity index (χ3v) is 5.85. The van der Waals surface area contributed by atoms with Gasteiger partial charge in [0.25, 0.3) is 5.56 Å². The molecule has 0 radical (unpaired) electrons. The van der Waals surface area contributed by atoms with Gasteiger partial charge in [-0.3, -0.25) is 9.36 Å². The monoisotopic (exact) mass is 392 g/mol. The number of allylic oxidation sites excluding steroid dienone is 1. The fraction of sp³-hybridized carbons (Fsp3) is 0.273. The van der Waals surface area contributed by atoms with Crippen LogP contribution in [-0.4, -0.2) is 40.6 Å². The first kappa shape index (κ1) is 17.3. The fourth-order valence-electron chi connectivity index (χ4n) is 4.07. The van der Waals surface area contributed by atoms with Gasteiger partial charge in [-0.1, -0.05) is 23.7 Å². The summed E-state index contributed by atoms with van der Waals surface area (Å²) in [6.07, 6.45) is 3.06. The van der Waals surface area contributed by atoms with Gasteiger partial charge in [-0.25, -0.2) is 4.98 Å². The Hall–Kier alpha value is -2.79. The second kappa shape index (κ2) is 6.99. The standard InChI is InChI=1S/C22H21ClN4O/c23-17-5-7-18(8-6-17)26-13-11-25(12-14-26)15-16-9-10-27-21(16)24-20-4-2-1-3-19(20)22(27)28/h1-8,15H,9-14H2/b16-15+. The van der Waals surface area contributed by atoms with Crippen molar-refractivity contribution in [1.29, 1.82) is 0 Å². The molecule has 5 nitrogen and oxygen atoms in total. The second-order valence-corrected chi connectivity index (χ2v) is 7.75. The van der Waals surface area contributed by atoms with Crippen molar-refractivity contribution in [1.82, 2.24) is 14.5 Å². The molecule has 3 aromatic rings. The maximum absolute atomic E-state index is 12.7. The lowest BCUT2D eigenvalue weighted by atomic mass is 10.2. The van der Waals surface area contributed by atoms with Crippen LogP contribution in [0.3, 0.4) is 0 Å². The summed E-state index contributed by atoms with van der Waals surface area (Å²) in [5, 5.41) is 1.46. The van der Waals surface area contributed by atoms with Crippen LogP contribution in [0.4, 0.5) is 5.69 Å². The fourth-order valence-corrected chi connectivity index (χ4v) is 4.19. The lowest BCUT2D eigenvalue weighted by Crippen LogP contribution is -2.44. The van der Waals surface area contributed by atoms with Crippen molar-refractivity contribution >= 4 is 33.8 Å². The number of hydrogen-bond donors (Lipinski definition) is 0. The largest absolute Gasteiger partial charge is 0.373 e. The molecule has 3 heterocycles. The van der Waals surface area contributed by atoms with E-state index in [1.165, 1.54) is 5.69 Å². The Balaban J connectivity index is 1.36. The zero-order valence-corrected chi connectivity index (χ0v) is 16.3. The zero-order chi connectivity index (χ0) is 19.1. The van der Waals surface area contributed by atoms with E-state index >= 15 is 0 Å². The van der Waals surface area contributed by atoms with Crippen LogP contribution in [0.15, 0.2) is 59.5 Å². The highest BCUT2D eigenvalue weighted by Gasteiger charge is 2.23. The first-order valence-corrected chi connectivity index (χ1v) is 10.0. The molecule has 0 unspecified atom stereocenters. The lowest BCUT2D eigenvalue weighted by Gasteiger charge is -2.36. The van der Waals surface area contributed by atoms with Crippen LogP contribution in [0, 0.1) is 0 Å². The summed E-state index contributed by atoms with van der Waals surface area (Å²) in [7, 11) is 0. The Labute approximate surface area is 168 Å². The molecule has 2 aromatic carbocycles. The molecule has 142 valence electrons. The zero-order valence-electron chi connectivity index (χ0n) is 15.5. The molecule has 0 aliphatic carbocycles. The maximum atomic E-state index is 12.7. The average Bonchev–Trinajstić information content (AvgIpc) is 3.12. The number of aromatic nitrogens is 2. The van der Waals surface area contributed by atoms with Gasteiger partial charge in [0.2, 0.25) is 0 Å². The van der Waals surface area contributed by atoms with Gasteiger partial charge < -0.3 is 9.80 Å². The number of fused-ring (bicyclic) bond motifs is 2. The molecular formula is C22H21ClN4O. The van der Waals surface area contributed by atoms with E-state index in [0.29, 0.717) is 11.9 Å². The number of anilines is 1. The van der Waals surface area contributed by atoms with Gasteiger partial charge in [-0.2, -0.15) is 0 Å². The molecule has 0 amide bonds. The second-order valence-electron chi connectivity index (χ2n) is 7.31. The summed E-state index contributed by atoms with van der Waals surface area (Å²) in [6.45, 7) is 4.53. The first-order valence-electron chi connectivity index (χ1n) is 9.64. The van der Waals surface area contributed by atoms with Crippen LogP contribution < -0.4 is 10.5 Å². The molecule has 0 N–H and O–H groups in total. The molecule has 28 heavy (non-hydrogen) atoms. The van der Waals surface area contributed by atoms with Gasteiger partial charge in [0.15, 0.2) is 0 Å². The predicted molar refractivity (Wildman–Crippen MR) is 114 cm³/mol. The van der Waals surface area contributed by atoms with Crippen molar-refractivity contribution < 1.29 is 0 Å². The number of rotatable bonds is 2. The topological polar surface area (TPSA) is 41.4 Å². The van der Waals surface area contributed by atoms with Gasteiger partial charge in [-0.05, 0) is 42.8 Å². The van der Waals surface area contributed by atoms with Gasteiger partial charge in [-0.15, -0.1) is 0 Å². The molecule has 0 spiro atoms. The van der Waals surface area contributed by atoms with Crippen molar-refractivity contribution in [3.05, 3.63) is 75.9 Å². The van der Waals surface area contributed by atoms with Crippen molar-refractivity contribution in [2.45, 2.75) is 13.0 Å². The Bertz CT molecular complexity index is 1110. The highest BCUT2D eigenvalue weighted by atomic mass is 35.5. The van der Waals surface area contributed by atoms with Crippen LogP contribution in [0.5, 0.6) is 0 Å². The normalized spacial score (nSPS) is 18.1. The Kier molecular flexibility index (Phi) is 4.32. The minimum Gasteiger partial charge on any atom is -0.373 e. The number of nitrogens with zero attached hydrogens (tertiary/aromatic N) is 4. The summed E-state index contributed by atoms with van der Waals surface area (Å²) in [5.41, 5.74) is 3.21. The van der Waals surface area contributed by atoms with Crippen LogP contribution in [0.1, 0.15) is 12.2 Å². The van der Waals surface area contributed by atoms with E-state index in [0.717, 1.165) is 54.5 Å². The van der Waals surface area contributed by atoms with E-state index in [9.17, 15) is 4.79 Å². The van der Waals surface area contributed by atoms with Crippen LogP contribution in [-0.2, 0) is 6.54 Å². The SMILES string of the molecule is O=c1c2ccccc2nc2n1CC/C2=C\N1CCN(c2ccc(Cl)cc2)CC1. The summed E-state index contributed by atoms with van der Waals surface area (Å²) < 4.78 is 1.82. The van der Waals surface area contributed by atoms with Crippen LogP contribution in [0.2, 0.25) is 5.02 Å². The molecule has 2 aliphatic heterocycles. The van der Waals surface area contributed by atoms with E-state index in [1.807, 2.05) is 41.0 Å². The highest BCUT2D eigenvalue weighted by Crippen LogP contribution is 2.26. The number of piperazine rings is 1. The molecule has 6 heteroatoms. The van der Waals surface area contributed by atoms with Crippen molar-refractivity contribution in [2.75, 3.05) is 31.1 Å². The van der Waals surface area contributed by atoms with Gasteiger partial charge in [0.05, 0.1) is 10.9 Å². The summed E-state index contributed by atoms with van der Waals surface area (Å²) in [6, 6.07) is 15.6. The van der Waals surface area contributed by atoms with Crippen molar-refractivity contribution in [3.63, 3.8) is 0 Å². The Morgan fingerprint density at radius 3 is 2.46 bits per heavy atom. The smallest absolute Gasteiger partial charge is 0.261 e. The summed E-state index contributed by atoms with van der Waals surface area (Å²) >= 11 is 5.99. The first-order chi connectivity index (χ1) is 13.7. The van der Waals surface area contributed by atoms with E-state index < -0.39 is 0 Å².